The van der Waals surface area contributed by atoms with Gasteiger partial charge in [-0.3, -0.25) is 9.59 Å². The topological polar surface area (TPSA) is 89.9 Å². The van der Waals surface area contributed by atoms with Crippen LogP contribution in [-0.4, -0.2) is 41.8 Å². The number of aliphatic carboxylic acids is 2. The Morgan fingerprint density at radius 1 is 1.14 bits per heavy atom. The van der Waals surface area contributed by atoms with Gasteiger partial charge in [0, 0.05) is 25.3 Å². The normalized spacial score (nSPS) is 11.9. The third-order valence-corrected chi connectivity index (χ3v) is 3.29. The summed E-state index contributed by atoms with van der Waals surface area (Å²) in [5.74, 6) is -1.97. The number of nitrogens with zero attached hydrogens (tertiary/aromatic N) is 1. The zero-order valence-electron chi connectivity index (χ0n) is 12.4. The molecule has 1 rings (SSSR count). The van der Waals surface area contributed by atoms with Crippen LogP contribution in [0.4, 0.5) is 5.69 Å². The van der Waals surface area contributed by atoms with E-state index in [0.717, 1.165) is 18.8 Å². The second kappa shape index (κ2) is 8.26. The van der Waals surface area contributed by atoms with Gasteiger partial charge in [0.25, 0.3) is 0 Å². The number of hydrogen-bond donors (Lipinski definition) is 3. The van der Waals surface area contributed by atoms with Crippen molar-refractivity contribution >= 4 is 17.6 Å². The summed E-state index contributed by atoms with van der Waals surface area (Å²) in [6.45, 7) is 6.00. The van der Waals surface area contributed by atoms with Crippen LogP contribution < -0.4 is 10.2 Å². The largest absolute Gasteiger partial charge is 0.481 e. The average molecular weight is 294 g/mol. The molecule has 1 unspecified atom stereocenters. The van der Waals surface area contributed by atoms with Crippen LogP contribution >= 0.6 is 0 Å². The van der Waals surface area contributed by atoms with Crippen LogP contribution in [0.5, 0.6) is 0 Å². The maximum Gasteiger partial charge on any atom is 0.325 e. The first-order chi connectivity index (χ1) is 9.99. The van der Waals surface area contributed by atoms with Crippen molar-refractivity contribution in [1.29, 1.82) is 0 Å². The number of carboxylic acids is 2. The maximum absolute atomic E-state index is 11.3. The van der Waals surface area contributed by atoms with Crippen LogP contribution in [0.2, 0.25) is 0 Å². The van der Waals surface area contributed by atoms with E-state index in [2.05, 4.69) is 24.1 Å². The molecule has 6 nitrogen and oxygen atoms in total. The summed E-state index contributed by atoms with van der Waals surface area (Å²) >= 11 is 0. The summed E-state index contributed by atoms with van der Waals surface area (Å²) in [5, 5.41) is 20.6. The number of anilines is 1. The lowest BCUT2D eigenvalue weighted by molar-refractivity contribution is -0.141. The Balaban J connectivity index is 2.79. The van der Waals surface area contributed by atoms with Gasteiger partial charge in [0.1, 0.15) is 6.04 Å². The van der Waals surface area contributed by atoms with E-state index in [1.54, 1.807) is 12.1 Å². The molecule has 0 amide bonds. The van der Waals surface area contributed by atoms with Crippen molar-refractivity contribution in [3.05, 3.63) is 29.8 Å². The van der Waals surface area contributed by atoms with Crippen molar-refractivity contribution in [3.8, 4) is 0 Å². The molecule has 0 spiro atoms. The fourth-order valence-corrected chi connectivity index (χ4v) is 2.14. The molecule has 0 radical (unpaired) electrons. The van der Waals surface area contributed by atoms with E-state index in [0.29, 0.717) is 5.56 Å². The average Bonchev–Trinajstić information content (AvgIpc) is 2.45. The molecule has 0 heterocycles. The maximum atomic E-state index is 11.3. The summed E-state index contributed by atoms with van der Waals surface area (Å²) in [7, 11) is 0. The van der Waals surface area contributed by atoms with E-state index in [-0.39, 0.29) is 13.0 Å². The molecule has 116 valence electrons. The van der Waals surface area contributed by atoms with Gasteiger partial charge in [-0.05, 0) is 31.5 Å². The summed E-state index contributed by atoms with van der Waals surface area (Å²) in [4.78, 5) is 23.9. The smallest absolute Gasteiger partial charge is 0.325 e. The molecule has 0 bridgehead atoms. The van der Waals surface area contributed by atoms with Crippen LogP contribution in [0.3, 0.4) is 0 Å². The Labute approximate surface area is 124 Å². The van der Waals surface area contributed by atoms with Crippen LogP contribution in [0, 0.1) is 0 Å². The quantitative estimate of drug-likeness (QED) is 0.642. The lowest BCUT2D eigenvalue weighted by Gasteiger charge is -2.22. The Morgan fingerprint density at radius 2 is 1.71 bits per heavy atom. The van der Waals surface area contributed by atoms with Gasteiger partial charge in [-0.25, -0.2) is 0 Å². The highest BCUT2D eigenvalue weighted by Crippen LogP contribution is 2.19. The summed E-state index contributed by atoms with van der Waals surface area (Å²) in [6, 6.07) is 6.41. The molecule has 1 atom stereocenters. The highest BCUT2D eigenvalue weighted by Gasteiger charge is 2.19. The number of carboxylic acid groups (broad SMARTS) is 2. The zero-order valence-corrected chi connectivity index (χ0v) is 12.4. The van der Waals surface area contributed by atoms with Crippen molar-refractivity contribution in [2.75, 3.05) is 24.5 Å². The summed E-state index contributed by atoms with van der Waals surface area (Å²) in [6.07, 6.45) is -0.110. The van der Waals surface area contributed by atoms with Gasteiger partial charge in [-0.1, -0.05) is 12.1 Å². The van der Waals surface area contributed by atoms with Gasteiger partial charge in [0.15, 0.2) is 0 Å². The SMILES string of the molecule is CCN(CC)c1ccc(C(NCCC(=O)O)C(=O)O)cc1. The molecule has 0 aromatic heterocycles. The van der Waals surface area contributed by atoms with E-state index >= 15 is 0 Å². The van der Waals surface area contributed by atoms with Gasteiger partial charge < -0.3 is 20.4 Å². The molecule has 0 aliphatic rings. The van der Waals surface area contributed by atoms with Gasteiger partial charge in [0.2, 0.25) is 0 Å². The molecule has 0 aliphatic heterocycles. The van der Waals surface area contributed by atoms with Crippen molar-refractivity contribution in [3.63, 3.8) is 0 Å². The van der Waals surface area contributed by atoms with Crippen LogP contribution in [0.25, 0.3) is 0 Å². The molecule has 0 aliphatic carbocycles. The molecule has 21 heavy (non-hydrogen) atoms. The highest BCUT2D eigenvalue weighted by molar-refractivity contribution is 5.76. The lowest BCUT2D eigenvalue weighted by Crippen LogP contribution is -2.30. The number of rotatable bonds is 9. The minimum Gasteiger partial charge on any atom is -0.481 e. The van der Waals surface area contributed by atoms with E-state index in [1.165, 1.54) is 0 Å². The first-order valence-electron chi connectivity index (χ1n) is 7.02. The van der Waals surface area contributed by atoms with E-state index < -0.39 is 18.0 Å². The fraction of sp³-hybridized carbons (Fsp3) is 0.467. The monoisotopic (exact) mass is 294 g/mol. The first-order valence-corrected chi connectivity index (χ1v) is 7.02. The molecular formula is C15H22N2O4. The van der Waals surface area contributed by atoms with E-state index in [4.69, 9.17) is 5.11 Å². The summed E-state index contributed by atoms with van der Waals surface area (Å²) in [5.41, 5.74) is 1.65. The predicted octanol–water partition coefficient (Wildman–Crippen LogP) is 1.72. The third-order valence-electron chi connectivity index (χ3n) is 3.29. The third kappa shape index (κ3) is 5.07. The van der Waals surface area contributed by atoms with Crippen LogP contribution in [0.15, 0.2) is 24.3 Å². The lowest BCUT2D eigenvalue weighted by atomic mass is 10.1. The van der Waals surface area contributed by atoms with Crippen molar-refractivity contribution in [1.82, 2.24) is 5.32 Å². The van der Waals surface area contributed by atoms with Gasteiger partial charge >= 0.3 is 11.9 Å². The fourth-order valence-electron chi connectivity index (χ4n) is 2.14. The van der Waals surface area contributed by atoms with Crippen molar-refractivity contribution in [2.45, 2.75) is 26.3 Å². The number of nitrogens with one attached hydrogen (secondary N) is 1. The Morgan fingerprint density at radius 3 is 2.14 bits per heavy atom. The molecule has 0 saturated carbocycles. The molecule has 6 heteroatoms. The molecule has 1 aromatic rings. The Kier molecular flexibility index (Phi) is 6.68. The van der Waals surface area contributed by atoms with Crippen LogP contribution in [-0.2, 0) is 9.59 Å². The van der Waals surface area contributed by atoms with Crippen molar-refractivity contribution in [2.24, 2.45) is 0 Å². The van der Waals surface area contributed by atoms with E-state index in [1.807, 2.05) is 12.1 Å². The molecule has 0 saturated heterocycles. The van der Waals surface area contributed by atoms with Gasteiger partial charge in [-0.15, -0.1) is 0 Å². The minimum atomic E-state index is -1.02. The minimum absolute atomic E-state index is 0.110. The second-order valence-corrected chi connectivity index (χ2v) is 4.63. The van der Waals surface area contributed by atoms with Crippen LogP contribution in [0.1, 0.15) is 31.9 Å². The standard InChI is InChI=1S/C15H22N2O4/c1-3-17(4-2)12-7-5-11(6-8-12)14(15(20)21)16-10-9-13(18)19/h5-8,14,16H,3-4,9-10H2,1-2H3,(H,18,19)(H,20,21). The van der Waals surface area contributed by atoms with Gasteiger partial charge in [-0.2, -0.15) is 0 Å². The van der Waals surface area contributed by atoms with E-state index in [9.17, 15) is 14.7 Å². The molecular weight excluding hydrogens is 272 g/mol. The second-order valence-electron chi connectivity index (χ2n) is 4.63. The van der Waals surface area contributed by atoms with Crippen molar-refractivity contribution < 1.29 is 19.8 Å². The zero-order chi connectivity index (χ0) is 15.8. The molecule has 0 fully saturated rings. The predicted molar refractivity (Wildman–Crippen MR) is 80.6 cm³/mol. The Bertz CT molecular complexity index is 469. The number of hydrogen-bond acceptors (Lipinski definition) is 4. The van der Waals surface area contributed by atoms with Gasteiger partial charge in [0.05, 0.1) is 6.42 Å². The molecule has 3 N–H and O–H groups in total. The first kappa shape index (κ1) is 17.0. The highest BCUT2D eigenvalue weighted by atomic mass is 16.4. The molecule has 1 aromatic carbocycles. The number of carbonyl (C=O) groups is 2. The summed E-state index contributed by atoms with van der Waals surface area (Å²) < 4.78 is 0. The Hall–Kier alpha value is -2.08. The number of benzene rings is 1.